The molecule has 0 spiro atoms. The number of nitrogens with one attached hydrogen (secondary N) is 1. The molecule has 5 nitrogen and oxygen atoms in total. The minimum Gasteiger partial charge on any atom is -0.497 e. The molecule has 1 aromatic carbocycles. The summed E-state index contributed by atoms with van der Waals surface area (Å²) in [6.07, 6.45) is 1.77. The number of rotatable bonds is 9. The van der Waals surface area contributed by atoms with E-state index in [1.807, 2.05) is 71.5 Å². The van der Waals surface area contributed by atoms with Crippen LogP contribution in [-0.4, -0.2) is 45.4 Å². The Kier molecular flexibility index (Phi) is 19.8. The van der Waals surface area contributed by atoms with E-state index >= 15 is 0 Å². The number of hydrogen-bond acceptors (Lipinski definition) is 6. The Morgan fingerprint density at radius 3 is 2.36 bits per heavy atom. The summed E-state index contributed by atoms with van der Waals surface area (Å²) in [6.45, 7) is 14.5. The van der Waals surface area contributed by atoms with Crippen molar-refractivity contribution in [1.29, 1.82) is 0 Å². The van der Waals surface area contributed by atoms with Crippen LogP contribution in [0.2, 0.25) is 0 Å². The topological polar surface area (TPSA) is 55.2 Å². The molecule has 0 bridgehead atoms. The van der Waals surface area contributed by atoms with Gasteiger partial charge in [0.25, 0.3) is 0 Å². The number of thioether (sulfide) groups is 1. The van der Waals surface area contributed by atoms with E-state index in [-0.39, 0.29) is 0 Å². The van der Waals surface area contributed by atoms with Crippen LogP contribution >= 0.6 is 11.8 Å². The molecule has 6 heteroatoms. The van der Waals surface area contributed by atoms with E-state index in [0.29, 0.717) is 11.5 Å². The highest BCUT2D eigenvalue weighted by molar-refractivity contribution is 8.12. The highest BCUT2D eigenvalue weighted by Gasteiger charge is 2.05. The van der Waals surface area contributed by atoms with Crippen molar-refractivity contribution in [3.8, 4) is 0 Å². The van der Waals surface area contributed by atoms with Crippen molar-refractivity contribution in [3.05, 3.63) is 47.9 Å². The van der Waals surface area contributed by atoms with Crippen molar-refractivity contribution in [3.63, 3.8) is 0 Å². The van der Waals surface area contributed by atoms with Crippen LogP contribution in [0.4, 0.5) is 11.4 Å². The van der Waals surface area contributed by atoms with E-state index in [1.54, 1.807) is 32.2 Å². The van der Waals surface area contributed by atoms with E-state index in [4.69, 9.17) is 4.74 Å². The number of benzene rings is 1. The molecule has 0 saturated carbocycles. The zero-order valence-corrected chi connectivity index (χ0v) is 19.5. The van der Waals surface area contributed by atoms with Crippen LogP contribution in [0.15, 0.2) is 57.9 Å². The van der Waals surface area contributed by atoms with Crippen LogP contribution < -0.4 is 5.32 Å². The summed E-state index contributed by atoms with van der Waals surface area (Å²) in [6, 6.07) is 7.92. The Morgan fingerprint density at radius 2 is 1.86 bits per heavy atom. The zero-order chi connectivity index (χ0) is 21.8. The number of ether oxygens (including phenoxy) is 2. The monoisotopic (exact) mass is 407 g/mol. The summed E-state index contributed by atoms with van der Waals surface area (Å²) in [7, 11) is 5.18. The molecule has 0 atom stereocenters. The minimum atomic E-state index is 0.638. The second kappa shape index (κ2) is 19.7. The number of nitrogens with zero attached hydrogens (tertiary/aromatic N) is 2. The molecular weight excluding hydrogens is 370 g/mol. The first-order chi connectivity index (χ1) is 13.5. The van der Waals surface area contributed by atoms with Gasteiger partial charge in [-0.25, -0.2) is 4.99 Å². The van der Waals surface area contributed by atoms with Crippen LogP contribution in [0.5, 0.6) is 0 Å². The fraction of sp³-hybridized carbons (Fsp3) is 0.455. The van der Waals surface area contributed by atoms with Gasteiger partial charge in [-0.2, -0.15) is 0 Å². The summed E-state index contributed by atoms with van der Waals surface area (Å²) in [5.74, 6) is 1.35. The Labute approximate surface area is 176 Å². The van der Waals surface area contributed by atoms with Gasteiger partial charge in [0.15, 0.2) is 0 Å². The largest absolute Gasteiger partial charge is 0.497 e. The van der Waals surface area contributed by atoms with E-state index in [0.717, 1.165) is 29.3 Å². The van der Waals surface area contributed by atoms with Gasteiger partial charge in [0.2, 0.25) is 0 Å². The second-order valence-corrected chi connectivity index (χ2v) is 5.81. The van der Waals surface area contributed by atoms with Gasteiger partial charge < -0.3 is 14.8 Å². The van der Waals surface area contributed by atoms with Gasteiger partial charge in [0, 0.05) is 38.3 Å². The van der Waals surface area contributed by atoms with Gasteiger partial charge in [0.05, 0.1) is 29.7 Å². The molecule has 0 aliphatic rings. The first kappa shape index (κ1) is 28.2. The molecule has 1 rings (SSSR count). The predicted molar refractivity (Wildman–Crippen MR) is 129 cm³/mol. The summed E-state index contributed by atoms with van der Waals surface area (Å²) in [4.78, 5) is 8.87. The third-order valence-electron chi connectivity index (χ3n) is 3.33. The van der Waals surface area contributed by atoms with Gasteiger partial charge in [0.1, 0.15) is 5.76 Å². The smallest absolute Gasteiger partial charge is 0.116 e. The molecule has 0 saturated heterocycles. The maximum Gasteiger partial charge on any atom is 0.116 e. The first-order valence-corrected chi connectivity index (χ1v) is 10.4. The second-order valence-electron chi connectivity index (χ2n) is 4.98. The lowest BCUT2D eigenvalue weighted by atomic mass is 10.2. The standard InChI is InChI=1S/C17H23N3OS.C3H8O.C2H6/c1-6-19-17(13(2)14(3)21-5)11-22-12-20-16-10-8-7-9-15(16)18-4;1-3-4-2;1-2/h6-10,12,18H,3,11H2,1-2,4-5H3;3H2,1-2H3;1-2H3/b17-13-,19-6?,20-12?;;. The van der Waals surface area contributed by atoms with E-state index in [9.17, 15) is 0 Å². The fourth-order valence-corrected chi connectivity index (χ4v) is 2.43. The van der Waals surface area contributed by atoms with Crippen molar-refractivity contribution in [2.45, 2.75) is 34.6 Å². The number of aliphatic imine (C=N–C) groups is 2. The average Bonchev–Trinajstić information content (AvgIpc) is 2.76. The van der Waals surface area contributed by atoms with Crippen molar-refractivity contribution in [2.75, 3.05) is 38.9 Å². The molecule has 0 aliphatic carbocycles. The molecule has 0 radical (unpaired) electrons. The maximum atomic E-state index is 5.17. The molecular formula is C22H37N3O2S. The quantitative estimate of drug-likeness (QED) is 0.225. The number of anilines is 1. The average molecular weight is 408 g/mol. The van der Waals surface area contributed by atoms with E-state index < -0.39 is 0 Å². The number of hydrogen-bond donors (Lipinski definition) is 1. The molecule has 28 heavy (non-hydrogen) atoms. The Morgan fingerprint density at radius 1 is 1.25 bits per heavy atom. The van der Waals surface area contributed by atoms with Gasteiger partial charge in [-0.15, -0.1) is 11.8 Å². The molecule has 0 aromatic heterocycles. The lowest BCUT2D eigenvalue weighted by Gasteiger charge is -2.08. The zero-order valence-electron chi connectivity index (χ0n) is 18.7. The Balaban J connectivity index is 0. The van der Waals surface area contributed by atoms with Crippen LogP contribution in [-0.2, 0) is 9.47 Å². The predicted octanol–water partition coefficient (Wildman–Crippen LogP) is 6.33. The summed E-state index contributed by atoms with van der Waals surface area (Å²) in [5.41, 5.74) is 5.65. The van der Waals surface area contributed by atoms with Crippen molar-refractivity contribution >= 4 is 34.9 Å². The van der Waals surface area contributed by atoms with Gasteiger partial charge in [-0.1, -0.05) is 32.6 Å². The number of allylic oxidation sites excluding steroid dienone is 1. The summed E-state index contributed by atoms with van der Waals surface area (Å²) < 4.78 is 9.71. The molecule has 0 unspecified atom stereocenters. The molecule has 0 heterocycles. The summed E-state index contributed by atoms with van der Waals surface area (Å²) >= 11 is 1.58. The molecule has 1 N–H and O–H groups in total. The highest BCUT2D eigenvalue weighted by Crippen LogP contribution is 2.24. The summed E-state index contributed by atoms with van der Waals surface area (Å²) in [5, 5.41) is 3.12. The van der Waals surface area contributed by atoms with Crippen LogP contribution in [0.3, 0.4) is 0 Å². The molecule has 0 amide bonds. The van der Waals surface area contributed by atoms with Crippen LogP contribution in [0, 0.1) is 0 Å². The highest BCUT2D eigenvalue weighted by atomic mass is 32.2. The van der Waals surface area contributed by atoms with Gasteiger partial charge >= 0.3 is 0 Å². The van der Waals surface area contributed by atoms with Gasteiger partial charge in [-0.3, -0.25) is 4.99 Å². The first-order valence-electron chi connectivity index (χ1n) is 9.37. The van der Waals surface area contributed by atoms with Crippen molar-refractivity contribution in [1.82, 2.24) is 0 Å². The fourth-order valence-electron chi connectivity index (χ4n) is 1.72. The SMILES string of the molecule is C=C(OC)/C(C)=C(/CSC=Nc1ccccc1NC)N=CC.CC.CCOC. The number of methoxy groups -OCH3 is 2. The normalized spacial score (nSPS) is 11.1. The third-order valence-corrected chi connectivity index (χ3v) is 4.03. The molecule has 0 aliphatic heterocycles. The lowest BCUT2D eigenvalue weighted by molar-refractivity contribution is 0.215. The maximum absolute atomic E-state index is 5.17. The Hall–Kier alpha value is -2.05. The van der Waals surface area contributed by atoms with Crippen LogP contribution in [0.25, 0.3) is 0 Å². The van der Waals surface area contributed by atoms with E-state index in [1.165, 1.54) is 0 Å². The number of para-hydroxylation sites is 2. The third kappa shape index (κ3) is 12.4. The van der Waals surface area contributed by atoms with Gasteiger partial charge in [-0.05, 0) is 32.9 Å². The van der Waals surface area contributed by atoms with E-state index in [2.05, 4.69) is 26.6 Å². The van der Waals surface area contributed by atoms with Crippen molar-refractivity contribution < 1.29 is 9.47 Å². The minimum absolute atomic E-state index is 0.638. The van der Waals surface area contributed by atoms with Crippen LogP contribution in [0.1, 0.15) is 34.6 Å². The Bertz CT molecular complexity index is 624. The molecule has 158 valence electrons. The molecule has 0 fully saturated rings. The molecule has 1 aromatic rings. The van der Waals surface area contributed by atoms with Crippen molar-refractivity contribution in [2.24, 2.45) is 9.98 Å². The lowest BCUT2D eigenvalue weighted by Crippen LogP contribution is -1.95.